The predicted octanol–water partition coefficient (Wildman–Crippen LogP) is 4.73. The fourth-order valence-electron chi connectivity index (χ4n) is 4.15. The average molecular weight is 609 g/mol. The molecule has 15 heteroatoms. The zero-order valence-electron chi connectivity index (χ0n) is 23.1. The summed E-state index contributed by atoms with van der Waals surface area (Å²) in [7, 11) is 0. The third kappa shape index (κ3) is 5.98. The molecule has 0 aliphatic rings. The Balaban J connectivity index is 1.44. The molecule has 43 heavy (non-hydrogen) atoms. The molecule has 0 saturated carbocycles. The molecule has 1 amide bonds. The number of anilines is 2. The molecule has 5 rings (SSSR count). The van der Waals surface area contributed by atoms with Gasteiger partial charge in [-0.3, -0.25) is 14.7 Å². The van der Waals surface area contributed by atoms with Crippen molar-refractivity contribution in [2.45, 2.75) is 32.9 Å². The number of H-pyrrole nitrogens is 1. The van der Waals surface area contributed by atoms with Crippen LogP contribution in [-0.2, 0) is 0 Å². The van der Waals surface area contributed by atoms with E-state index in [9.17, 15) is 19.1 Å². The number of rotatable bonds is 9. The molecule has 0 radical (unpaired) electrons. The molecule has 0 bridgehead atoms. The zero-order chi connectivity index (χ0) is 30.8. The number of aromatic nitrogens is 6. The van der Waals surface area contributed by atoms with Gasteiger partial charge in [-0.25, -0.2) is 23.0 Å². The van der Waals surface area contributed by atoms with Crippen molar-refractivity contribution in [2.75, 3.05) is 17.2 Å². The Hall–Kier alpha value is -5.02. The van der Waals surface area contributed by atoms with Crippen LogP contribution in [-0.4, -0.2) is 53.2 Å². The van der Waals surface area contributed by atoms with E-state index in [0.717, 1.165) is 10.6 Å². The van der Waals surface area contributed by atoms with Crippen LogP contribution in [0.2, 0.25) is 0 Å². The van der Waals surface area contributed by atoms with Crippen LogP contribution in [0.4, 0.5) is 20.3 Å². The number of aromatic amines is 1. The second kappa shape index (κ2) is 12.1. The van der Waals surface area contributed by atoms with Gasteiger partial charge in [0.25, 0.3) is 11.5 Å². The molecule has 0 aliphatic heterocycles. The first-order chi connectivity index (χ1) is 20.6. The number of nitrogens with zero attached hydrogens (tertiary/aromatic N) is 5. The highest BCUT2D eigenvalue weighted by Gasteiger charge is 2.22. The smallest absolute Gasteiger partial charge is 0.290 e. The van der Waals surface area contributed by atoms with Crippen LogP contribution < -0.4 is 20.9 Å². The van der Waals surface area contributed by atoms with E-state index in [2.05, 4.69) is 30.9 Å². The summed E-state index contributed by atoms with van der Waals surface area (Å²) >= 11 is 5.44. The number of aliphatic hydroxyl groups is 1. The van der Waals surface area contributed by atoms with E-state index in [1.807, 2.05) is 0 Å². The van der Waals surface area contributed by atoms with Crippen molar-refractivity contribution in [2.24, 2.45) is 0 Å². The number of hydrogen-bond acceptors (Lipinski definition) is 9. The maximum atomic E-state index is 15.2. The molecule has 0 aliphatic carbocycles. The van der Waals surface area contributed by atoms with Crippen LogP contribution in [0.3, 0.4) is 0 Å². The minimum Gasteiger partial charge on any atom is -0.453 e. The molecular weight excluding hydrogens is 582 g/mol. The lowest BCUT2D eigenvalue weighted by Crippen LogP contribution is -2.34. The number of carbonyl (C=O) groups excluding carboxylic acids is 1. The van der Waals surface area contributed by atoms with Gasteiger partial charge in [-0.1, -0.05) is 0 Å². The summed E-state index contributed by atoms with van der Waals surface area (Å²) in [5.41, 5.74) is -0.652. The number of nitrogens with one attached hydrogen (secondary N) is 3. The quantitative estimate of drug-likeness (QED) is 0.174. The maximum Gasteiger partial charge on any atom is 0.290 e. The number of fused-ring (bicyclic) bond motifs is 1. The van der Waals surface area contributed by atoms with Crippen LogP contribution in [0.15, 0.2) is 59.5 Å². The number of carbonyl (C=O) groups is 1. The Kier molecular flexibility index (Phi) is 8.27. The molecule has 3 aromatic heterocycles. The third-order valence-electron chi connectivity index (χ3n) is 6.28. The summed E-state index contributed by atoms with van der Waals surface area (Å²) in [5.74, 6) is -1.76. The molecule has 12 nitrogen and oxygen atoms in total. The average Bonchev–Trinajstić information content (AvgIpc) is 3.38. The molecule has 1 atom stereocenters. The number of benzene rings is 2. The van der Waals surface area contributed by atoms with Crippen molar-refractivity contribution < 1.29 is 23.4 Å². The van der Waals surface area contributed by atoms with Crippen molar-refractivity contribution in [3.63, 3.8) is 0 Å². The summed E-state index contributed by atoms with van der Waals surface area (Å²) < 4.78 is 37.0. The van der Waals surface area contributed by atoms with Gasteiger partial charge in [-0.15, -0.1) is 0 Å². The van der Waals surface area contributed by atoms with Crippen LogP contribution in [0, 0.1) is 16.4 Å². The van der Waals surface area contributed by atoms with Crippen LogP contribution in [0.1, 0.15) is 37.3 Å². The molecule has 0 fully saturated rings. The number of pyridine rings is 1. The van der Waals surface area contributed by atoms with E-state index in [-0.39, 0.29) is 46.3 Å². The number of amides is 1. The van der Waals surface area contributed by atoms with E-state index in [0.29, 0.717) is 16.9 Å². The fraction of sp³-hybridized carbons (Fsp3) is 0.214. The normalized spacial score (nSPS) is 12.0. The Morgan fingerprint density at radius 3 is 2.53 bits per heavy atom. The summed E-state index contributed by atoms with van der Waals surface area (Å²) in [6, 6.07) is 9.69. The van der Waals surface area contributed by atoms with Gasteiger partial charge >= 0.3 is 0 Å². The lowest BCUT2D eigenvalue weighted by Gasteiger charge is -2.16. The lowest BCUT2D eigenvalue weighted by molar-refractivity contribution is 0.101. The van der Waals surface area contributed by atoms with Gasteiger partial charge in [-0.05, 0) is 69.4 Å². The summed E-state index contributed by atoms with van der Waals surface area (Å²) in [6.07, 6.45) is 1.46. The van der Waals surface area contributed by atoms with E-state index >= 15 is 4.39 Å². The Morgan fingerprint density at radius 2 is 1.86 bits per heavy atom. The first-order valence-electron chi connectivity index (χ1n) is 13.1. The van der Waals surface area contributed by atoms with Gasteiger partial charge < -0.3 is 20.5 Å². The van der Waals surface area contributed by atoms with Crippen LogP contribution in [0.5, 0.6) is 11.5 Å². The number of halogens is 2. The zero-order valence-corrected chi connectivity index (χ0v) is 23.9. The van der Waals surface area contributed by atoms with E-state index < -0.39 is 28.8 Å². The van der Waals surface area contributed by atoms with Gasteiger partial charge in [-0.2, -0.15) is 10.2 Å². The molecule has 5 aromatic rings. The highest BCUT2D eigenvalue weighted by Crippen LogP contribution is 2.34. The van der Waals surface area contributed by atoms with Crippen molar-refractivity contribution in [1.82, 2.24) is 29.5 Å². The van der Waals surface area contributed by atoms with Crippen molar-refractivity contribution in [1.29, 1.82) is 0 Å². The van der Waals surface area contributed by atoms with Crippen molar-refractivity contribution >= 4 is 40.7 Å². The minimum atomic E-state index is -0.902. The highest BCUT2D eigenvalue weighted by atomic mass is 32.1. The molecule has 0 spiro atoms. The first kappa shape index (κ1) is 29.5. The number of hydrogen-bond donors (Lipinski definition) is 4. The van der Waals surface area contributed by atoms with Gasteiger partial charge in [0.15, 0.2) is 23.0 Å². The standard InChI is InChI=1S/C28H26F2N8O4S/c1-14(2)38-28(43)37(18-7-4-16(29)5-8-18)27(41)23(36-38)26(40)33-17-6-9-20(19(30)12-17)42-21-10-11-31-24-22(21)25(35-34-24)32-15(3)13-39/h4-12,14-15,39H,13H2,1-3H3,(H,33,40)(H2,31,32,34,35). The second-order valence-corrected chi connectivity index (χ2v) is 10.2. The topological polar surface area (TPSA) is 152 Å². The Morgan fingerprint density at radius 1 is 1.12 bits per heavy atom. The van der Waals surface area contributed by atoms with Crippen molar-refractivity contribution in [3.05, 3.63) is 87.2 Å². The van der Waals surface area contributed by atoms with Gasteiger partial charge in [0, 0.05) is 36.1 Å². The SMILES string of the molecule is CC(CO)Nc1n[nH]c2nccc(Oc3ccc(NC(=O)c4nn(C(C)C)c(=S)n(-c5ccc(F)cc5)c4=O)cc3F)c12. The van der Waals surface area contributed by atoms with E-state index in [1.54, 1.807) is 20.8 Å². The third-order valence-corrected chi connectivity index (χ3v) is 6.65. The fourth-order valence-corrected chi connectivity index (χ4v) is 4.59. The van der Waals surface area contributed by atoms with E-state index in [1.165, 1.54) is 53.3 Å². The number of ether oxygens (including phenoxy) is 1. The molecule has 1 unspecified atom stereocenters. The second-order valence-electron chi connectivity index (χ2n) is 9.82. The minimum absolute atomic E-state index is 0.0164. The van der Waals surface area contributed by atoms with Crippen LogP contribution >= 0.6 is 12.2 Å². The Labute approximate surface area is 248 Å². The maximum absolute atomic E-state index is 15.2. The van der Waals surface area contributed by atoms with Gasteiger partial charge in [0.2, 0.25) is 10.5 Å². The lowest BCUT2D eigenvalue weighted by atomic mass is 10.2. The molecule has 0 saturated heterocycles. The summed E-state index contributed by atoms with van der Waals surface area (Å²) in [6.45, 7) is 5.15. The summed E-state index contributed by atoms with van der Waals surface area (Å²) in [5, 5.41) is 26.4. The molecule has 4 N–H and O–H groups in total. The molecule has 222 valence electrons. The molecular formula is C28H26F2N8O4S. The first-order valence-corrected chi connectivity index (χ1v) is 13.5. The largest absolute Gasteiger partial charge is 0.453 e. The van der Waals surface area contributed by atoms with Gasteiger partial charge in [0.05, 0.1) is 12.3 Å². The monoisotopic (exact) mass is 608 g/mol. The predicted molar refractivity (Wildman–Crippen MR) is 157 cm³/mol. The van der Waals surface area contributed by atoms with Crippen LogP contribution in [0.25, 0.3) is 16.7 Å². The molecule has 2 aromatic carbocycles. The summed E-state index contributed by atoms with van der Waals surface area (Å²) in [4.78, 5) is 30.8. The number of aliphatic hydroxyl groups excluding tert-OH is 1. The van der Waals surface area contributed by atoms with Crippen molar-refractivity contribution in [3.8, 4) is 17.2 Å². The van der Waals surface area contributed by atoms with E-state index in [4.69, 9.17) is 17.0 Å². The highest BCUT2D eigenvalue weighted by molar-refractivity contribution is 7.71. The Bertz CT molecular complexity index is 1940. The molecule has 3 heterocycles. The van der Waals surface area contributed by atoms with Gasteiger partial charge in [0.1, 0.15) is 17.0 Å².